The summed E-state index contributed by atoms with van der Waals surface area (Å²) in [6.07, 6.45) is 0.0115. The first-order valence-electron chi connectivity index (χ1n) is 6.40. The Labute approximate surface area is 129 Å². The van der Waals surface area contributed by atoms with Crippen molar-refractivity contribution in [1.82, 2.24) is 0 Å². The maximum absolute atomic E-state index is 13.1. The van der Waals surface area contributed by atoms with Gasteiger partial charge in [0.1, 0.15) is 5.75 Å². The Balaban J connectivity index is 2.16. The highest BCUT2D eigenvalue weighted by Gasteiger charge is 2.11. The Morgan fingerprint density at radius 1 is 1.14 bits per heavy atom. The summed E-state index contributed by atoms with van der Waals surface area (Å²) >= 11 is 3.34. The molecule has 0 aromatic heterocycles. The largest absolute Gasteiger partial charge is 0.493 e. The number of halogens is 3. The molecule has 0 aliphatic rings. The fraction of sp³-hybridized carbons (Fsp3) is 0.188. The topological polar surface area (TPSA) is 26.3 Å². The van der Waals surface area contributed by atoms with Crippen LogP contribution in [0.2, 0.25) is 0 Å². The molecule has 2 aromatic carbocycles. The zero-order valence-electron chi connectivity index (χ0n) is 11.3. The molecule has 21 heavy (non-hydrogen) atoms. The van der Waals surface area contributed by atoms with Crippen LogP contribution in [-0.4, -0.2) is 12.4 Å². The second-order valence-corrected chi connectivity index (χ2v) is 5.28. The minimum Gasteiger partial charge on any atom is -0.493 e. The summed E-state index contributed by atoms with van der Waals surface area (Å²) in [5.74, 6) is -1.39. The van der Waals surface area contributed by atoms with Crippen LogP contribution in [0, 0.1) is 11.6 Å². The SMILES string of the molecule is CCOc1ccc(C(=O)Cc2ccc(F)c(F)c2)cc1Br. The maximum Gasteiger partial charge on any atom is 0.167 e. The van der Waals surface area contributed by atoms with Crippen LogP contribution < -0.4 is 4.74 Å². The molecule has 0 bridgehead atoms. The molecular formula is C16H13BrF2O2. The van der Waals surface area contributed by atoms with Gasteiger partial charge in [-0.3, -0.25) is 4.79 Å². The van der Waals surface area contributed by atoms with Gasteiger partial charge in [0.05, 0.1) is 11.1 Å². The maximum atomic E-state index is 13.1. The van der Waals surface area contributed by atoms with E-state index in [4.69, 9.17) is 4.74 Å². The zero-order chi connectivity index (χ0) is 15.4. The second-order valence-electron chi connectivity index (χ2n) is 4.43. The van der Waals surface area contributed by atoms with E-state index in [9.17, 15) is 13.6 Å². The van der Waals surface area contributed by atoms with E-state index in [1.165, 1.54) is 6.07 Å². The van der Waals surface area contributed by atoms with Crippen LogP contribution in [0.3, 0.4) is 0 Å². The molecule has 2 rings (SSSR count). The van der Waals surface area contributed by atoms with Gasteiger partial charge in [-0.25, -0.2) is 8.78 Å². The Hall–Kier alpha value is -1.75. The molecule has 0 aliphatic carbocycles. The third-order valence-electron chi connectivity index (χ3n) is 2.90. The summed E-state index contributed by atoms with van der Waals surface area (Å²) in [6.45, 7) is 2.40. The highest BCUT2D eigenvalue weighted by Crippen LogP contribution is 2.26. The Morgan fingerprint density at radius 2 is 1.90 bits per heavy atom. The number of ketones is 1. The Morgan fingerprint density at radius 3 is 2.52 bits per heavy atom. The van der Waals surface area contributed by atoms with Gasteiger partial charge in [-0.2, -0.15) is 0 Å². The van der Waals surface area contributed by atoms with Crippen LogP contribution in [0.15, 0.2) is 40.9 Å². The van der Waals surface area contributed by atoms with E-state index >= 15 is 0 Å². The van der Waals surface area contributed by atoms with Crippen LogP contribution in [-0.2, 0) is 6.42 Å². The summed E-state index contributed by atoms with van der Waals surface area (Å²) in [6, 6.07) is 8.47. The van der Waals surface area contributed by atoms with Crippen LogP contribution in [0.1, 0.15) is 22.8 Å². The molecule has 0 amide bonds. The van der Waals surface area contributed by atoms with Crippen molar-refractivity contribution in [1.29, 1.82) is 0 Å². The number of carbonyl (C=O) groups excluding carboxylic acids is 1. The minimum absolute atomic E-state index is 0.0115. The Kier molecular flexibility index (Phi) is 5.07. The molecule has 0 radical (unpaired) electrons. The van der Waals surface area contributed by atoms with E-state index in [0.717, 1.165) is 12.1 Å². The van der Waals surface area contributed by atoms with Crippen LogP contribution in [0.4, 0.5) is 8.78 Å². The Bertz CT molecular complexity index is 671. The molecule has 0 N–H and O–H groups in total. The molecule has 0 heterocycles. The van der Waals surface area contributed by atoms with Crippen molar-refractivity contribution in [3.8, 4) is 5.75 Å². The first-order valence-corrected chi connectivity index (χ1v) is 7.20. The van der Waals surface area contributed by atoms with Gasteiger partial charge >= 0.3 is 0 Å². The summed E-state index contributed by atoms with van der Waals surface area (Å²) in [7, 11) is 0. The fourth-order valence-corrected chi connectivity index (χ4v) is 2.38. The van der Waals surface area contributed by atoms with Gasteiger partial charge in [-0.05, 0) is 58.7 Å². The summed E-state index contributed by atoms with van der Waals surface area (Å²) in [4.78, 5) is 12.2. The molecule has 2 nitrogen and oxygen atoms in total. The molecule has 0 fully saturated rings. The van der Waals surface area contributed by atoms with Crippen molar-refractivity contribution in [3.63, 3.8) is 0 Å². The number of carbonyl (C=O) groups is 1. The van der Waals surface area contributed by atoms with Gasteiger partial charge in [0.25, 0.3) is 0 Å². The second kappa shape index (κ2) is 6.80. The lowest BCUT2D eigenvalue weighted by molar-refractivity contribution is 0.0993. The van der Waals surface area contributed by atoms with Crippen LogP contribution in [0.5, 0.6) is 5.75 Å². The lowest BCUT2D eigenvalue weighted by Gasteiger charge is -2.08. The van der Waals surface area contributed by atoms with Gasteiger partial charge < -0.3 is 4.74 Å². The third-order valence-corrected chi connectivity index (χ3v) is 3.52. The normalized spacial score (nSPS) is 10.5. The van der Waals surface area contributed by atoms with Crippen LogP contribution in [0.25, 0.3) is 0 Å². The average Bonchev–Trinajstić information content (AvgIpc) is 2.45. The molecule has 0 unspecified atom stereocenters. The molecular weight excluding hydrogens is 342 g/mol. The molecule has 0 saturated carbocycles. The highest BCUT2D eigenvalue weighted by molar-refractivity contribution is 9.10. The smallest absolute Gasteiger partial charge is 0.167 e. The van der Waals surface area contributed by atoms with Crippen molar-refractivity contribution >= 4 is 21.7 Å². The van der Waals surface area contributed by atoms with Gasteiger partial charge in [0, 0.05) is 12.0 Å². The van der Waals surface area contributed by atoms with Gasteiger partial charge in [-0.15, -0.1) is 0 Å². The number of ether oxygens (including phenoxy) is 1. The number of hydrogen-bond donors (Lipinski definition) is 0. The quantitative estimate of drug-likeness (QED) is 0.736. The number of rotatable bonds is 5. The lowest BCUT2D eigenvalue weighted by atomic mass is 10.0. The number of Topliss-reactive ketones (excluding diaryl/α,β-unsaturated/α-hetero) is 1. The van der Waals surface area contributed by atoms with E-state index in [2.05, 4.69) is 15.9 Å². The summed E-state index contributed by atoms with van der Waals surface area (Å²) in [5, 5.41) is 0. The van der Waals surface area contributed by atoms with Crippen molar-refractivity contribution < 1.29 is 18.3 Å². The standard InChI is InChI=1S/C16H13BrF2O2/c1-2-21-16-6-4-11(9-12(16)17)15(20)8-10-3-5-13(18)14(19)7-10/h3-7,9H,2,8H2,1H3. The molecule has 110 valence electrons. The summed E-state index contributed by atoms with van der Waals surface area (Å²) < 4.78 is 32.0. The highest BCUT2D eigenvalue weighted by atomic mass is 79.9. The van der Waals surface area contributed by atoms with Crippen LogP contribution >= 0.6 is 15.9 Å². The van der Waals surface area contributed by atoms with Crippen molar-refractivity contribution in [2.24, 2.45) is 0 Å². The monoisotopic (exact) mass is 354 g/mol. The van der Waals surface area contributed by atoms with Gasteiger partial charge in [0.15, 0.2) is 17.4 Å². The van der Waals surface area contributed by atoms with E-state index in [1.807, 2.05) is 6.92 Å². The average molecular weight is 355 g/mol. The predicted molar refractivity (Wildman–Crippen MR) is 79.7 cm³/mol. The lowest BCUT2D eigenvalue weighted by Crippen LogP contribution is -2.05. The van der Waals surface area contributed by atoms with Crippen molar-refractivity contribution in [3.05, 3.63) is 63.6 Å². The van der Waals surface area contributed by atoms with E-state index < -0.39 is 11.6 Å². The third kappa shape index (κ3) is 3.88. The first-order chi connectivity index (χ1) is 10.0. The molecule has 0 spiro atoms. The molecule has 0 saturated heterocycles. The van der Waals surface area contributed by atoms with Crippen molar-refractivity contribution in [2.45, 2.75) is 13.3 Å². The van der Waals surface area contributed by atoms with E-state index in [-0.39, 0.29) is 12.2 Å². The summed E-state index contributed by atoms with van der Waals surface area (Å²) in [5.41, 5.74) is 0.916. The molecule has 0 atom stereocenters. The molecule has 0 aliphatic heterocycles. The number of benzene rings is 2. The molecule has 2 aromatic rings. The first kappa shape index (κ1) is 15.6. The minimum atomic E-state index is -0.951. The fourth-order valence-electron chi connectivity index (χ4n) is 1.88. The van der Waals surface area contributed by atoms with Gasteiger partial charge in [-0.1, -0.05) is 6.07 Å². The van der Waals surface area contributed by atoms with E-state index in [1.54, 1.807) is 18.2 Å². The predicted octanol–water partition coefficient (Wildman–Crippen LogP) is 4.55. The van der Waals surface area contributed by atoms with Crippen molar-refractivity contribution in [2.75, 3.05) is 6.61 Å². The van der Waals surface area contributed by atoms with E-state index in [0.29, 0.717) is 28.0 Å². The zero-order valence-corrected chi connectivity index (χ0v) is 12.9. The molecule has 5 heteroatoms. The van der Waals surface area contributed by atoms with Gasteiger partial charge in [0.2, 0.25) is 0 Å². The number of hydrogen-bond acceptors (Lipinski definition) is 2.